The van der Waals surface area contributed by atoms with Gasteiger partial charge in [0.25, 0.3) is 5.56 Å². The van der Waals surface area contributed by atoms with E-state index >= 15 is 0 Å². The molecule has 0 spiro atoms. The van der Waals surface area contributed by atoms with Crippen LogP contribution in [-0.2, 0) is 26.1 Å². The fourth-order valence-electron chi connectivity index (χ4n) is 3.35. The first-order valence-corrected chi connectivity index (χ1v) is 9.42. The summed E-state index contributed by atoms with van der Waals surface area (Å²) < 4.78 is 7.09. The van der Waals surface area contributed by atoms with Crippen LogP contribution in [-0.4, -0.2) is 16.9 Å². The van der Waals surface area contributed by atoms with Crippen molar-refractivity contribution in [2.24, 2.45) is 0 Å². The Kier molecular flexibility index (Phi) is 5.35. The van der Waals surface area contributed by atoms with E-state index in [0.717, 1.165) is 30.6 Å². The van der Waals surface area contributed by atoms with Gasteiger partial charge in [-0.3, -0.25) is 9.59 Å². The number of hydrogen-bond donors (Lipinski definition) is 1. The van der Waals surface area contributed by atoms with Crippen LogP contribution in [0.3, 0.4) is 0 Å². The Morgan fingerprint density at radius 3 is 2.71 bits per heavy atom. The number of Topliss-reactive ketones (excluding diaryl/α,β-unsaturated/α-hetero) is 1. The topological polar surface area (TPSA) is 60.3 Å². The van der Waals surface area contributed by atoms with Gasteiger partial charge in [0.05, 0.1) is 6.54 Å². The molecule has 1 aromatic heterocycles. The zero-order chi connectivity index (χ0) is 19.3. The first kappa shape index (κ1) is 18.2. The molecule has 5 heteroatoms. The van der Waals surface area contributed by atoms with Crippen LogP contribution in [0.4, 0.5) is 0 Å². The quantitative estimate of drug-likeness (QED) is 0.674. The molecule has 0 amide bonds. The van der Waals surface area contributed by atoms with E-state index in [2.05, 4.69) is 5.32 Å². The molecule has 4 rings (SSSR count). The standard InChI is InChI=1S/C23H22N2O3/c26-22(19-7-6-18-8-10-24-14-20(18)12-19)15-25-11-9-21(13-23(25)27)28-16-17-4-2-1-3-5-17/h1-7,9,11-13,24H,8,10,14-16H2. The second kappa shape index (κ2) is 8.23. The normalized spacial score (nSPS) is 13.0. The number of ketones is 1. The van der Waals surface area contributed by atoms with Gasteiger partial charge in [0, 0.05) is 24.4 Å². The Labute approximate surface area is 163 Å². The Bertz CT molecular complexity index is 1040. The van der Waals surface area contributed by atoms with Crippen LogP contribution in [0.1, 0.15) is 27.0 Å². The molecule has 0 unspecified atom stereocenters. The van der Waals surface area contributed by atoms with Crippen LogP contribution in [0.15, 0.2) is 71.7 Å². The number of aromatic nitrogens is 1. The molecule has 1 aliphatic rings. The molecular formula is C23H22N2O3. The lowest BCUT2D eigenvalue weighted by Gasteiger charge is -2.17. The lowest BCUT2D eigenvalue weighted by molar-refractivity contribution is 0.0970. The predicted molar refractivity (Wildman–Crippen MR) is 108 cm³/mol. The van der Waals surface area contributed by atoms with Gasteiger partial charge in [0.1, 0.15) is 12.4 Å². The lowest BCUT2D eigenvalue weighted by atomic mass is 9.97. The van der Waals surface area contributed by atoms with Crippen LogP contribution in [0, 0.1) is 0 Å². The molecule has 2 aromatic carbocycles. The van der Waals surface area contributed by atoms with Crippen LogP contribution < -0.4 is 15.6 Å². The molecule has 2 heterocycles. The highest BCUT2D eigenvalue weighted by Gasteiger charge is 2.13. The smallest absolute Gasteiger partial charge is 0.254 e. The van der Waals surface area contributed by atoms with Gasteiger partial charge in [-0.05, 0) is 41.8 Å². The van der Waals surface area contributed by atoms with Crippen molar-refractivity contribution in [2.75, 3.05) is 6.54 Å². The number of rotatable bonds is 6. The van der Waals surface area contributed by atoms with Crippen LogP contribution in [0.2, 0.25) is 0 Å². The summed E-state index contributed by atoms with van der Waals surface area (Å²) in [5.74, 6) is 0.422. The number of fused-ring (bicyclic) bond motifs is 1. The summed E-state index contributed by atoms with van der Waals surface area (Å²) in [6.45, 7) is 2.16. The van der Waals surface area contributed by atoms with E-state index < -0.39 is 0 Å². The van der Waals surface area contributed by atoms with Crippen molar-refractivity contribution in [1.29, 1.82) is 0 Å². The predicted octanol–water partition coefficient (Wildman–Crippen LogP) is 2.96. The SMILES string of the molecule is O=C(Cn1ccc(OCc2ccccc2)cc1=O)c1ccc2c(c1)CNCC2. The molecule has 0 saturated carbocycles. The Hall–Kier alpha value is -3.18. The molecule has 0 aliphatic carbocycles. The highest BCUT2D eigenvalue weighted by Crippen LogP contribution is 2.17. The number of carbonyl (C=O) groups is 1. The van der Waals surface area contributed by atoms with Crippen LogP contribution in [0.25, 0.3) is 0 Å². The molecule has 3 aromatic rings. The third-order valence-electron chi connectivity index (χ3n) is 4.94. The van der Waals surface area contributed by atoms with E-state index in [-0.39, 0.29) is 17.9 Å². The second-order valence-corrected chi connectivity index (χ2v) is 6.94. The van der Waals surface area contributed by atoms with Gasteiger partial charge < -0.3 is 14.6 Å². The maximum absolute atomic E-state index is 12.6. The number of benzene rings is 2. The summed E-state index contributed by atoms with van der Waals surface area (Å²) in [5, 5.41) is 3.32. The summed E-state index contributed by atoms with van der Waals surface area (Å²) >= 11 is 0. The second-order valence-electron chi connectivity index (χ2n) is 6.94. The molecule has 0 radical (unpaired) electrons. The van der Waals surface area contributed by atoms with Crippen molar-refractivity contribution < 1.29 is 9.53 Å². The Balaban J connectivity index is 1.43. The minimum Gasteiger partial charge on any atom is -0.489 e. The number of nitrogens with one attached hydrogen (secondary N) is 1. The third kappa shape index (κ3) is 4.21. The zero-order valence-corrected chi connectivity index (χ0v) is 15.6. The van der Waals surface area contributed by atoms with Crippen molar-refractivity contribution in [3.05, 3.63) is 99.5 Å². The van der Waals surface area contributed by atoms with E-state index in [1.807, 2.05) is 48.5 Å². The van der Waals surface area contributed by atoms with Crippen molar-refractivity contribution in [3.8, 4) is 5.75 Å². The zero-order valence-electron chi connectivity index (χ0n) is 15.6. The highest BCUT2D eigenvalue weighted by atomic mass is 16.5. The number of hydrogen-bond acceptors (Lipinski definition) is 4. The van der Waals surface area contributed by atoms with Gasteiger partial charge in [-0.15, -0.1) is 0 Å². The molecule has 1 aliphatic heterocycles. The summed E-state index contributed by atoms with van der Waals surface area (Å²) in [4.78, 5) is 25.0. The number of pyridine rings is 1. The number of nitrogens with zero attached hydrogens (tertiary/aromatic N) is 1. The molecule has 28 heavy (non-hydrogen) atoms. The highest BCUT2D eigenvalue weighted by molar-refractivity contribution is 5.96. The summed E-state index contributed by atoms with van der Waals surface area (Å²) in [5.41, 5.74) is 3.86. The molecule has 1 N–H and O–H groups in total. The van der Waals surface area contributed by atoms with E-state index in [9.17, 15) is 9.59 Å². The molecular weight excluding hydrogens is 352 g/mol. The average Bonchev–Trinajstić information content (AvgIpc) is 2.74. The average molecular weight is 374 g/mol. The van der Waals surface area contributed by atoms with Gasteiger partial charge in [-0.1, -0.05) is 42.5 Å². The Morgan fingerprint density at radius 1 is 1.04 bits per heavy atom. The minimum absolute atomic E-state index is 0.0179. The van der Waals surface area contributed by atoms with Crippen molar-refractivity contribution in [3.63, 3.8) is 0 Å². The van der Waals surface area contributed by atoms with E-state index in [1.54, 1.807) is 12.3 Å². The van der Waals surface area contributed by atoms with E-state index in [0.29, 0.717) is 17.9 Å². The molecule has 5 nitrogen and oxygen atoms in total. The van der Waals surface area contributed by atoms with E-state index in [4.69, 9.17) is 4.74 Å². The maximum atomic E-state index is 12.6. The van der Waals surface area contributed by atoms with Gasteiger partial charge in [-0.2, -0.15) is 0 Å². The van der Waals surface area contributed by atoms with Crippen molar-refractivity contribution >= 4 is 5.78 Å². The summed E-state index contributed by atoms with van der Waals surface area (Å²) in [6.07, 6.45) is 2.59. The first-order chi connectivity index (χ1) is 13.7. The van der Waals surface area contributed by atoms with Gasteiger partial charge in [0.15, 0.2) is 5.78 Å². The third-order valence-corrected chi connectivity index (χ3v) is 4.94. The molecule has 0 bridgehead atoms. The van der Waals surface area contributed by atoms with Crippen molar-refractivity contribution in [2.45, 2.75) is 26.1 Å². The largest absolute Gasteiger partial charge is 0.489 e. The van der Waals surface area contributed by atoms with Gasteiger partial charge in [-0.25, -0.2) is 0 Å². The molecule has 142 valence electrons. The molecule has 0 fully saturated rings. The summed E-state index contributed by atoms with van der Waals surface area (Å²) in [7, 11) is 0. The fourth-order valence-corrected chi connectivity index (χ4v) is 3.35. The van der Waals surface area contributed by atoms with Gasteiger partial charge >= 0.3 is 0 Å². The minimum atomic E-state index is -0.251. The lowest BCUT2D eigenvalue weighted by Crippen LogP contribution is -2.25. The summed E-state index contributed by atoms with van der Waals surface area (Å²) in [6, 6.07) is 18.7. The van der Waals surface area contributed by atoms with Crippen LogP contribution >= 0.6 is 0 Å². The van der Waals surface area contributed by atoms with Crippen molar-refractivity contribution in [1.82, 2.24) is 9.88 Å². The molecule has 0 saturated heterocycles. The maximum Gasteiger partial charge on any atom is 0.254 e. The molecule has 0 atom stereocenters. The fraction of sp³-hybridized carbons (Fsp3) is 0.217. The van der Waals surface area contributed by atoms with E-state index in [1.165, 1.54) is 16.2 Å². The number of carbonyl (C=O) groups excluding carboxylic acids is 1. The van der Waals surface area contributed by atoms with Gasteiger partial charge in [0.2, 0.25) is 0 Å². The van der Waals surface area contributed by atoms with Crippen LogP contribution in [0.5, 0.6) is 5.75 Å². The monoisotopic (exact) mass is 374 g/mol. The first-order valence-electron chi connectivity index (χ1n) is 9.42. The number of ether oxygens (including phenoxy) is 1. The Morgan fingerprint density at radius 2 is 1.89 bits per heavy atom.